The Morgan fingerprint density at radius 1 is 0.622 bits per heavy atom. The number of para-hydroxylation sites is 1. The van der Waals surface area contributed by atoms with Crippen molar-refractivity contribution in [3.05, 3.63) is 125 Å². The summed E-state index contributed by atoms with van der Waals surface area (Å²) in [5.74, 6) is -2.01. The first-order chi connectivity index (χ1) is 20.9. The monoisotopic (exact) mass is 676 g/mol. The molecule has 0 aliphatic heterocycles. The van der Waals surface area contributed by atoms with Gasteiger partial charge in [-0.2, -0.15) is 25.3 Å². The topological polar surface area (TPSA) is 167 Å². The molecule has 0 spiro atoms. The van der Waals surface area contributed by atoms with Crippen LogP contribution in [0.2, 0.25) is 0 Å². The molecule has 11 nitrogen and oxygen atoms in total. The van der Waals surface area contributed by atoms with E-state index in [1.807, 2.05) is 67.6 Å². The first-order valence-electron chi connectivity index (χ1n) is 13.1. The molecule has 240 valence electrons. The van der Waals surface area contributed by atoms with E-state index in [-0.39, 0.29) is 12.2 Å². The summed E-state index contributed by atoms with van der Waals surface area (Å²) in [6, 6.07) is 29.4. The summed E-state index contributed by atoms with van der Waals surface area (Å²) < 4.78 is 80.6. The molecule has 0 saturated carbocycles. The lowest BCUT2D eigenvalue weighted by Crippen LogP contribution is -2.38. The third kappa shape index (κ3) is 11.0. The van der Waals surface area contributed by atoms with Crippen LogP contribution in [0.15, 0.2) is 103 Å². The minimum absolute atomic E-state index is 0.241. The molecule has 0 amide bonds. The van der Waals surface area contributed by atoms with Crippen LogP contribution in [0.5, 0.6) is 17.2 Å². The molecule has 14 heteroatoms. The minimum atomic E-state index is -4.08. The van der Waals surface area contributed by atoms with Gasteiger partial charge in [0.05, 0.1) is 18.8 Å². The fourth-order valence-corrected chi connectivity index (χ4v) is 5.43. The Hall–Kier alpha value is -4.24. The maximum absolute atomic E-state index is 13.1. The number of aryl methyl sites for hydroxylation is 1. The Balaban J connectivity index is 0.000000248. The number of hydrogen-bond acceptors (Lipinski definition) is 11. The Morgan fingerprint density at radius 2 is 1.07 bits per heavy atom. The highest BCUT2D eigenvalue weighted by Crippen LogP contribution is 2.39. The molecule has 0 fully saturated rings. The van der Waals surface area contributed by atoms with Crippen LogP contribution in [0.3, 0.4) is 0 Å². The molecule has 0 aliphatic carbocycles. The van der Waals surface area contributed by atoms with Gasteiger partial charge in [-0.05, 0) is 30.2 Å². The number of carbonyl (C=O) groups excluding carboxylic acids is 1. The van der Waals surface area contributed by atoms with Crippen molar-refractivity contribution in [1.29, 1.82) is 0 Å². The molecule has 1 atom stereocenters. The normalized spacial score (nSPS) is 13.0. The van der Waals surface area contributed by atoms with Crippen molar-refractivity contribution in [2.75, 3.05) is 18.8 Å². The molecule has 0 radical (unpaired) electrons. The fourth-order valence-electron chi connectivity index (χ4n) is 4.04. The predicted octanol–water partition coefficient (Wildman–Crippen LogP) is 4.01. The molecule has 45 heavy (non-hydrogen) atoms. The van der Waals surface area contributed by atoms with Gasteiger partial charge in [-0.3, -0.25) is 4.79 Å². The highest BCUT2D eigenvalue weighted by atomic mass is 32.2. The first kappa shape index (κ1) is 35.2. The number of carbonyl (C=O) groups is 1. The number of hydrogen-bond donors (Lipinski definition) is 1. The summed E-state index contributed by atoms with van der Waals surface area (Å²) in [5.41, 5.74) is 1.61. The zero-order valence-corrected chi connectivity index (χ0v) is 27.2. The summed E-state index contributed by atoms with van der Waals surface area (Å²) in [4.78, 5) is 13.1. The van der Waals surface area contributed by atoms with Crippen molar-refractivity contribution in [2.24, 2.45) is 0 Å². The van der Waals surface area contributed by atoms with Crippen LogP contribution in [0, 0.1) is 6.92 Å². The zero-order valence-electron chi connectivity index (χ0n) is 24.8. The highest BCUT2D eigenvalue weighted by molar-refractivity contribution is 7.87. The van der Waals surface area contributed by atoms with E-state index in [0.717, 1.165) is 35.8 Å². The van der Waals surface area contributed by atoms with Gasteiger partial charge in [0.2, 0.25) is 5.75 Å². The number of rotatable bonds is 11. The first-order valence-corrected chi connectivity index (χ1v) is 18.6. The lowest BCUT2D eigenvalue weighted by molar-refractivity contribution is 0.0299. The van der Waals surface area contributed by atoms with Crippen molar-refractivity contribution in [3.63, 3.8) is 0 Å². The third-order valence-electron chi connectivity index (χ3n) is 5.90. The average molecular weight is 677 g/mol. The van der Waals surface area contributed by atoms with Gasteiger partial charge in [-0.1, -0.05) is 96.6 Å². The summed E-state index contributed by atoms with van der Waals surface area (Å²) >= 11 is 0. The second kappa shape index (κ2) is 14.2. The van der Waals surface area contributed by atoms with Gasteiger partial charge in [0, 0.05) is 12.0 Å². The average Bonchev–Trinajstić information content (AvgIpc) is 2.95. The van der Waals surface area contributed by atoms with E-state index in [1.165, 1.54) is 6.07 Å². The van der Waals surface area contributed by atoms with Crippen LogP contribution in [0.1, 0.15) is 27.0 Å². The standard InChI is InChI=1S/C22H20O2.C9H12O9S3/c1-17-12-14-18(15-13-17)16-22(24,20-10-6-3-7-11-20)21(23)19-8-4-2-5-9-19;1-19(10,11)16-7-5-4-6-8(17-20(2,12)13)9(7)18-21(3,14)15/h2-15,24H,16H2,1H3;4-6H,1-3H3. The van der Waals surface area contributed by atoms with Gasteiger partial charge in [0.15, 0.2) is 22.9 Å². The number of Topliss-reactive ketones (excluding diaryl/α,β-unsaturated/α-hetero) is 1. The molecule has 1 unspecified atom stereocenters. The second-order valence-electron chi connectivity index (χ2n) is 10.0. The van der Waals surface area contributed by atoms with Crippen LogP contribution in [-0.4, -0.2) is 54.9 Å². The molecular formula is C31H32O11S3. The van der Waals surface area contributed by atoms with Gasteiger partial charge in [0.25, 0.3) is 0 Å². The lowest BCUT2D eigenvalue weighted by atomic mass is 9.81. The maximum Gasteiger partial charge on any atom is 0.306 e. The Morgan fingerprint density at radius 3 is 1.51 bits per heavy atom. The van der Waals surface area contributed by atoms with Crippen molar-refractivity contribution >= 4 is 36.1 Å². The van der Waals surface area contributed by atoms with Crippen molar-refractivity contribution in [2.45, 2.75) is 18.9 Å². The van der Waals surface area contributed by atoms with E-state index >= 15 is 0 Å². The van der Waals surface area contributed by atoms with Crippen LogP contribution in [0.4, 0.5) is 0 Å². The molecule has 0 aliphatic rings. The SMILES string of the molecule is CS(=O)(=O)Oc1cccc(OS(C)(=O)=O)c1OS(C)(=O)=O.Cc1ccc(CC(O)(C(=O)c2ccccc2)c2ccccc2)cc1. The molecule has 4 rings (SSSR count). The Bertz CT molecular complexity index is 1890. The van der Waals surface area contributed by atoms with Gasteiger partial charge >= 0.3 is 30.4 Å². The van der Waals surface area contributed by atoms with Crippen molar-refractivity contribution in [1.82, 2.24) is 0 Å². The van der Waals surface area contributed by atoms with E-state index in [1.54, 1.807) is 24.3 Å². The van der Waals surface area contributed by atoms with Crippen LogP contribution in [0.25, 0.3) is 0 Å². The summed E-state index contributed by atoms with van der Waals surface area (Å²) in [7, 11) is -12.1. The smallest absolute Gasteiger partial charge is 0.306 e. The van der Waals surface area contributed by atoms with E-state index in [9.17, 15) is 35.2 Å². The quantitative estimate of drug-likeness (QED) is 0.180. The lowest BCUT2D eigenvalue weighted by Gasteiger charge is -2.27. The van der Waals surface area contributed by atoms with Gasteiger partial charge < -0.3 is 17.7 Å². The molecule has 0 saturated heterocycles. The molecule has 1 N–H and O–H groups in total. The highest BCUT2D eigenvalue weighted by Gasteiger charge is 2.38. The largest absolute Gasteiger partial charge is 0.378 e. The molecular weight excluding hydrogens is 645 g/mol. The van der Waals surface area contributed by atoms with Crippen LogP contribution >= 0.6 is 0 Å². The molecule has 0 bridgehead atoms. The third-order valence-corrected chi connectivity index (χ3v) is 7.34. The minimum Gasteiger partial charge on any atom is -0.378 e. The summed E-state index contributed by atoms with van der Waals surface area (Å²) in [5, 5.41) is 11.4. The maximum atomic E-state index is 13.1. The van der Waals surface area contributed by atoms with Crippen molar-refractivity contribution < 1.29 is 47.7 Å². The van der Waals surface area contributed by atoms with Crippen molar-refractivity contribution in [3.8, 4) is 17.2 Å². The number of aliphatic hydroxyl groups is 1. The molecule has 0 heterocycles. The Kier molecular flexibility index (Phi) is 11.2. The van der Waals surface area contributed by atoms with Gasteiger partial charge in [-0.25, -0.2) is 0 Å². The molecule has 4 aromatic rings. The van der Waals surface area contributed by atoms with Crippen LogP contribution < -0.4 is 12.5 Å². The fraction of sp³-hybridized carbons (Fsp3) is 0.194. The van der Waals surface area contributed by atoms with Gasteiger partial charge in [0.1, 0.15) is 0 Å². The van der Waals surface area contributed by atoms with E-state index in [2.05, 4.69) is 12.5 Å². The predicted molar refractivity (Wildman–Crippen MR) is 169 cm³/mol. The number of ketones is 1. The van der Waals surface area contributed by atoms with Gasteiger partial charge in [-0.15, -0.1) is 0 Å². The zero-order chi connectivity index (χ0) is 33.5. The van der Waals surface area contributed by atoms with E-state index < -0.39 is 53.2 Å². The summed E-state index contributed by atoms with van der Waals surface area (Å²) in [6.45, 7) is 2.02. The molecule has 4 aromatic carbocycles. The van der Waals surface area contributed by atoms with Crippen LogP contribution in [-0.2, 0) is 42.4 Å². The van der Waals surface area contributed by atoms with E-state index in [4.69, 9.17) is 0 Å². The summed E-state index contributed by atoms with van der Waals surface area (Å²) in [6.07, 6.45) is 2.38. The number of benzene rings is 4. The second-order valence-corrected chi connectivity index (χ2v) is 14.8. The van der Waals surface area contributed by atoms with E-state index in [0.29, 0.717) is 17.4 Å². The Labute approximate surface area is 263 Å². The molecule has 0 aromatic heterocycles.